The van der Waals surface area contributed by atoms with E-state index in [2.05, 4.69) is 19.9 Å². The molecule has 8 rings (SSSR count). The summed E-state index contributed by atoms with van der Waals surface area (Å²) in [5, 5.41) is 58.4. The molecule has 0 bridgehead atoms. The first-order valence-electron chi connectivity index (χ1n) is 15.9. The van der Waals surface area contributed by atoms with E-state index in [1.54, 1.807) is 24.3 Å². The van der Waals surface area contributed by atoms with Gasteiger partial charge in [-0.05, 0) is 76.2 Å². The molecule has 0 aliphatic carbocycles. The Morgan fingerprint density at radius 1 is 0.358 bits per heavy atom. The first kappa shape index (κ1) is 44.1. The Balaban J connectivity index is 0.000000235. The monoisotopic (exact) mass is 694 g/mol. The summed E-state index contributed by atoms with van der Waals surface area (Å²) < 4.78 is 0. The smallest absolute Gasteiger partial charge is 0.896 e. The van der Waals surface area contributed by atoms with Crippen LogP contribution in [-0.2, 0) is 0 Å². The summed E-state index contributed by atoms with van der Waals surface area (Å²) in [6.45, 7) is 7.63. The molecule has 0 atom stereocenters. The van der Waals surface area contributed by atoms with Gasteiger partial charge in [0.15, 0.2) is 0 Å². The normalized spacial score (nSPS) is 9.70. The number of pyridine rings is 4. The van der Waals surface area contributed by atoms with E-state index >= 15 is 0 Å². The minimum absolute atomic E-state index is 0. The second-order valence-corrected chi connectivity index (χ2v) is 11.3. The number of aryl methyl sites for hydroxylation is 4. The van der Waals surface area contributed by atoms with Crippen molar-refractivity contribution in [1.82, 2.24) is 19.9 Å². The maximum Gasteiger partial charge on any atom is 1.00 e. The molecule has 0 radical (unpaired) electrons. The number of hydrogen-bond acceptors (Lipinski definition) is 10. The van der Waals surface area contributed by atoms with Crippen LogP contribution in [0.15, 0.2) is 121 Å². The maximum absolute atomic E-state index is 9.43. The molecule has 4 aromatic heterocycles. The van der Waals surface area contributed by atoms with Crippen molar-refractivity contribution >= 4 is 51.3 Å². The van der Waals surface area contributed by atoms with Crippen LogP contribution in [0.1, 0.15) is 22.8 Å². The van der Waals surface area contributed by atoms with E-state index < -0.39 is 7.69 Å². The molecule has 0 aliphatic heterocycles. The number of aromatic nitrogens is 4. The van der Waals surface area contributed by atoms with E-state index in [-0.39, 0.29) is 60.7 Å². The van der Waals surface area contributed by atoms with Gasteiger partial charge in [-0.25, -0.2) is 19.9 Å². The first-order valence-corrected chi connectivity index (χ1v) is 15.9. The Bertz CT molecular complexity index is 2070. The van der Waals surface area contributed by atoms with Crippen molar-refractivity contribution in [1.29, 1.82) is 0 Å². The standard InChI is InChI=1S/4C10H9NO.BHO2.2Li/c4*1-7-5-6-8-3-2-4-9(12)10(8)11-7;2-1-3;;/h4*2-6,12H,1H3;1H;;/q;;;;-2;2*+1. The van der Waals surface area contributed by atoms with Crippen LogP contribution in [0.5, 0.6) is 23.0 Å². The fourth-order valence-electron chi connectivity index (χ4n) is 4.92. The van der Waals surface area contributed by atoms with Gasteiger partial charge in [0.05, 0.1) is 0 Å². The van der Waals surface area contributed by atoms with E-state index in [0.29, 0.717) is 22.1 Å². The quantitative estimate of drug-likeness (QED) is 0.158. The van der Waals surface area contributed by atoms with Gasteiger partial charge in [0.25, 0.3) is 0 Å². The van der Waals surface area contributed by atoms with Crippen LogP contribution in [0.2, 0.25) is 0 Å². The molecule has 8 aromatic rings. The third-order valence-corrected chi connectivity index (χ3v) is 7.35. The zero-order valence-electron chi connectivity index (χ0n) is 30.6. The first-order chi connectivity index (χ1) is 24.5. The number of fused-ring (bicyclic) bond motifs is 4. The topological polar surface area (TPSA) is 179 Å². The molecule has 0 saturated heterocycles. The number of hydrogen-bond donors (Lipinski definition) is 4. The summed E-state index contributed by atoms with van der Waals surface area (Å²) >= 11 is 0. The molecule has 13 heteroatoms. The van der Waals surface area contributed by atoms with E-state index in [0.717, 1.165) is 44.3 Å². The summed E-state index contributed by atoms with van der Waals surface area (Å²) in [5.41, 5.74) is 6.39. The number of phenols is 4. The number of phenolic OH excluding ortho intramolecular Hbond substituents is 4. The predicted octanol–water partition coefficient (Wildman–Crippen LogP) is -0.0232. The van der Waals surface area contributed by atoms with E-state index in [4.69, 9.17) is 10.0 Å². The molecule has 258 valence electrons. The SMILES string of the molecule is Cc1ccc2cccc(O)c2n1.Cc1ccc2cccc(O)c2n1.Cc1ccc2cccc(O)c2n1.Cc1ccc2cccc(O)c2n1.[Li+].[Li+].[O-]B[O-]. The van der Waals surface area contributed by atoms with Gasteiger partial charge in [0.2, 0.25) is 0 Å². The number of benzene rings is 4. The van der Waals surface area contributed by atoms with Crippen LogP contribution in [0, 0.1) is 27.7 Å². The van der Waals surface area contributed by atoms with Crippen molar-refractivity contribution < 1.29 is 68.2 Å². The average Bonchev–Trinajstić information content (AvgIpc) is 3.11. The van der Waals surface area contributed by atoms with Crippen molar-refractivity contribution in [2.45, 2.75) is 27.7 Å². The van der Waals surface area contributed by atoms with Crippen LogP contribution in [-0.4, -0.2) is 48.0 Å². The number of para-hydroxylation sites is 4. The molecular formula is C40H37BLi2N4O6. The molecule has 53 heavy (non-hydrogen) atoms. The minimum atomic E-state index is -1.25. The molecule has 10 nitrogen and oxygen atoms in total. The van der Waals surface area contributed by atoms with Crippen LogP contribution in [0.3, 0.4) is 0 Å². The largest absolute Gasteiger partial charge is 1.00 e. The van der Waals surface area contributed by atoms with Gasteiger partial charge in [0.1, 0.15) is 45.1 Å². The van der Waals surface area contributed by atoms with Gasteiger partial charge in [0, 0.05) is 44.3 Å². The van der Waals surface area contributed by atoms with Crippen LogP contribution in [0.4, 0.5) is 0 Å². The number of aromatic hydroxyl groups is 4. The molecule has 4 N–H and O–H groups in total. The zero-order valence-corrected chi connectivity index (χ0v) is 30.6. The summed E-state index contributed by atoms with van der Waals surface area (Å²) in [6.07, 6.45) is 0. The van der Waals surface area contributed by atoms with Crippen molar-refractivity contribution in [2.24, 2.45) is 0 Å². The molecule has 0 fully saturated rings. The van der Waals surface area contributed by atoms with Gasteiger partial charge >= 0.3 is 37.7 Å². The second kappa shape index (κ2) is 21.4. The molecule has 4 aromatic carbocycles. The van der Waals surface area contributed by atoms with Crippen LogP contribution < -0.4 is 47.8 Å². The van der Waals surface area contributed by atoms with Gasteiger partial charge in [-0.1, -0.05) is 72.8 Å². The van der Waals surface area contributed by atoms with Crippen molar-refractivity contribution in [3.05, 3.63) is 144 Å². The molecular weight excluding hydrogens is 657 g/mol. The Hall–Kier alpha value is -5.10. The second-order valence-electron chi connectivity index (χ2n) is 11.3. The Morgan fingerprint density at radius 3 is 0.736 bits per heavy atom. The summed E-state index contributed by atoms with van der Waals surface area (Å²) in [5.74, 6) is 0.986. The third-order valence-electron chi connectivity index (χ3n) is 7.35. The van der Waals surface area contributed by atoms with Crippen molar-refractivity contribution in [3.63, 3.8) is 0 Å². The minimum Gasteiger partial charge on any atom is -0.896 e. The van der Waals surface area contributed by atoms with E-state index in [1.165, 1.54) is 0 Å². The molecule has 4 heterocycles. The van der Waals surface area contributed by atoms with Crippen LogP contribution in [0.25, 0.3) is 43.6 Å². The van der Waals surface area contributed by atoms with Gasteiger partial charge in [-0.15, -0.1) is 7.69 Å². The molecule has 0 aliphatic rings. The molecule has 0 unspecified atom stereocenters. The number of nitrogens with zero attached hydrogens (tertiary/aromatic N) is 4. The summed E-state index contributed by atoms with van der Waals surface area (Å²) in [4.78, 5) is 16.9. The van der Waals surface area contributed by atoms with Gasteiger partial charge in [-0.3, -0.25) is 0 Å². The Labute approximate surface area is 332 Å². The average molecular weight is 694 g/mol. The van der Waals surface area contributed by atoms with Gasteiger partial charge in [-0.2, -0.15) is 0 Å². The van der Waals surface area contributed by atoms with Crippen molar-refractivity contribution in [2.75, 3.05) is 0 Å². The van der Waals surface area contributed by atoms with Crippen LogP contribution >= 0.6 is 0 Å². The Morgan fingerprint density at radius 2 is 0.547 bits per heavy atom. The van der Waals surface area contributed by atoms with E-state index in [9.17, 15) is 20.4 Å². The van der Waals surface area contributed by atoms with Gasteiger partial charge < -0.3 is 30.5 Å². The van der Waals surface area contributed by atoms with E-state index in [1.807, 2.05) is 125 Å². The molecule has 0 amide bonds. The summed E-state index contributed by atoms with van der Waals surface area (Å²) in [6, 6.07) is 37.1. The maximum atomic E-state index is 9.43. The third kappa shape index (κ3) is 12.5. The predicted molar refractivity (Wildman–Crippen MR) is 200 cm³/mol. The fourth-order valence-corrected chi connectivity index (χ4v) is 4.92. The van der Waals surface area contributed by atoms with Crippen molar-refractivity contribution in [3.8, 4) is 23.0 Å². The zero-order chi connectivity index (χ0) is 36.9. The number of rotatable bonds is 0. The summed E-state index contributed by atoms with van der Waals surface area (Å²) in [7, 11) is -1.25. The Kier molecular flexibility index (Phi) is 17.8. The molecule has 0 spiro atoms. The fraction of sp³-hybridized carbons (Fsp3) is 0.100. The molecule has 0 saturated carbocycles.